The molecule has 0 radical (unpaired) electrons. The lowest BCUT2D eigenvalue weighted by Crippen LogP contribution is -2.36. The van der Waals surface area contributed by atoms with Gasteiger partial charge in [-0.3, -0.25) is 4.79 Å². The van der Waals surface area contributed by atoms with Crippen LogP contribution in [-0.2, 0) is 0 Å². The van der Waals surface area contributed by atoms with E-state index in [1.165, 1.54) is 18.2 Å². The highest BCUT2D eigenvalue weighted by Crippen LogP contribution is 2.30. The van der Waals surface area contributed by atoms with E-state index in [4.69, 9.17) is 0 Å². The second-order valence-corrected chi connectivity index (χ2v) is 5.59. The summed E-state index contributed by atoms with van der Waals surface area (Å²) in [5, 5.41) is 19.3. The fourth-order valence-corrected chi connectivity index (χ4v) is 3.03. The molecular weight excluding hydrogens is 278 g/mol. The van der Waals surface area contributed by atoms with Gasteiger partial charge in [-0.05, 0) is 37.0 Å². The molecule has 0 saturated carbocycles. The Labute approximate surface area is 129 Å². The van der Waals surface area contributed by atoms with Crippen LogP contribution in [0.3, 0.4) is 0 Å². The van der Waals surface area contributed by atoms with E-state index in [2.05, 4.69) is 24.3 Å². The Morgan fingerprint density at radius 2 is 2.09 bits per heavy atom. The molecule has 0 bridgehead atoms. The fraction of sp³-hybridized carbons (Fsp3) is 0.278. The number of phenolic OH excluding ortho intramolecular Hbond substituents is 2. The lowest BCUT2D eigenvalue weighted by molar-refractivity contribution is 0.0754. The van der Waals surface area contributed by atoms with Gasteiger partial charge in [0.05, 0.1) is 11.6 Å². The third-order valence-electron chi connectivity index (χ3n) is 4.12. The molecular formula is C18H19NO3. The maximum atomic E-state index is 12.7. The van der Waals surface area contributed by atoms with Crippen LogP contribution in [0.2, 0.25) is 0 Å². The molecule has 2 aliphatic rings. The highest BCUT2D eigenvalue weighted by Gasteiger charge is 2.32. The first kappa shape index (κ1) is 14.4. The Bertz CT molecular complexity index is 673. The van der Waals surface area contributed by atoms with Gasteiger partial charge in [0.15, 0.2) is 0 Å². The lowest BCUT2D eigenvalue weighted by Gasteiger charge is -2.26. The number of likely N-dealkylation sites (tertiary alicyclic amines) is 1. The number of benzene rings is 1. The third kappa shape index (κ3) is 2.77. The standard InChI is InChI=1S/C18H19NO3/c20-14-9-10-15(17(21)12-14)18(22)19-11-5-8-16(19)13-6-3-1-2-4-7-13/h1,3-4,6-7,9-10,12,16,20-21H,2,5,8,11H2. The van der Waals surface area contributed by atoms with Crippen molar-refractivity contribution >= 4 is 5.91 Å². The molecule has 1 heterocycles. The van der Waals surface area contributed by atoms with Crippen molar-refractivity contribution in [3.05, 3.63) is 59.7 Å². The van der Waals surface area contributed by atoms with Crippen molar-refractivity contribution in [3.8, 4) is 11.5 Å². The Morgan fingerprint density at radius 3 is 2.91 bits per heavy atom. The summed E-state index contributed by atoms with van der Waals surface area (Å²) in [6.45, 7) is 0.679. The van der Waals surface area contributed by atoms with E-state index >= 15 is 0 Å². The van der Waals surface area contributed by atoms with Gasteiger partial charge in [0.1, 0.15) is 11.5 Å². The molecule has 2 N–H and O–H groups in total. The zero-order chi connectivity index (χ0) is 15.5. The maximum Gasteiger partial charge on any atom is 0.258 e. The van der Waals surface area contributed by atoms with E-state index < -0.39 is 0 Å². The summed E-state index contributed by atoms with van der Waals surface area (Å²) in [6.07, 6.45) is 13.1. The Hall–Kier alpha value is -2.49. The predicted octanol–water partition coefficient (Wildman–Crippen LogP) is 3.14. The third-order valence-corrected chi connectivity index (χ3v) is 4.12. The van der Waals surface area contributed by atoms with Gasteiger partial charge in [-0.15, -0.1) is 0 Å². The molecule has 4 nitrogen and oxygen atoms in total. The Morgan fingerprint density at radius 1 is 1.23 bits per heavy atom. The number of hydrogen-bond donors (Lipinski definition) is 2. The second-order valence-electron chi connectivity index (χ2n) is 5.59. The minimum Gasteiger partial charge on any atom is -0.508 e. The quantitative estimate of drug-likeness (QED) is 0.881. The van der Waals surface area contributed by atoms with Gasteiger partial charge in [0.25, 0.3) is 5.91 Å². The number of nitrogens with zero attached hydrogens (tertiary/aromatic N) is 1. The minimum absolute atomic E-state index is 0.0414. The SMILES string of the molecule is O=C(c1ccc(O)cc1O)N1CCCC1C1=CC=CCC=C1. The van der Waals surface area contributed by atoms with E-state index in [0.717, 1.165) is 24.8 Å². The number of allylic oxidation sites excluding steroid dienone is 4. The molecule has 114 valence electrons. The van der Waals surface area contributed by atoms with Crippen LogP contribution in [0.1, 0.15) is 29.6 Å². The van der Waals surface area contributed by atoms with Gasteiger partial charge in [-0.25, -0.2) is 0 Å². The summed E-state index contributed by atoms with van der Waals surface area (Å²) in [5.74, 6) is -0.421. The molecule has 1 aromatic rings. The van der Waals surface area contributed by atoms with Crippen LogP contribution < -0.4 is 0 Å². The van der Waals surface area contributed by atoms with Crippen molar-refractivity contribution < 1.29 is 15.0 Å². The molecule has 1 saturated heterocycles. The van der Waals surface area contributed by atoms with Gasteiger partial charge in [0.2, 0.25) is 0 Å². The topological polar surface area (TPSA) is 60.8 Å². The highest BCUT2D eigenvalue weighted by atomic mass is 16.3. The molecule has 4 heteroatoms. The molecule has 0 spiro atoms. The van der Waals surface area contributed by atoms with Crippen LogP contribution in [0, 0.1) is 0 Å². The van der Waals surface area contributed by atoms with E-state index in [1.807, 2.05) is 6.08 Å². The lowest BCUT2D eigenvalue weighted by atomic mass is 10.0. The number of carbonyl (C=O) groups is 1. The van der Waals surface area contributed by atoms with Gasteiger partial charge in [-0.2, -0.15) is 0 Å². The van der Waals surface area contributed by atoms with Gasteiger partial charge in [-0.1, -0.05) is 30.4 Å². The van der Waals surface area contributed by atoms with Crippen LogP contribution in [-0.4, -0.2) is 33.6 Å². The summed E-state index contributed by atoms with van der Waals surface area (Å²) in [7, 11) is 0. The van der Waals surface area contributed by atoms with Gasteiger partial charge in [0, 0.05) is 12.6 Å². The molecule has 1 aliphatic carbocycles. The molecule has 1 amide bonds. The molecule has 22 heavy (non-hydrogen) atoms. The fourth-order valence-electron chi connectivity index (χ4n) is 3.03. The molecule has 0 aromatic heterocycles. The van der Waals surface area contributed by atoms with Crippen molar-refractivity contribution in [1.29, 1.82) is 0 Å². The van der Waals surface area contributed by atoms with Crippen LogP contribution in [0.15, 0.2) is 54.2 Å². The first-order valence-electron chi connectivity index (χ1n) is 7.53. The van der Waals surface area contributed by atoms with Crippen molar-refractivity contribution in [2.24, 2.45) is 0 Å². The van der Waals surface area contributed by atoms with E-state index in [-0.39, 0.29) is 29.0 Å². The number of rotatable bonds is 2. The average Bonchev–Trinajstić information content (AvgIpc) is 2.82. The van der Waals surface area contributed by atoms with Crippen LogP contribution in [0.4, 0.5) is 0 Å². The zero-order valence-corrected chi connectivity index (χ0v) is 12.3. The van der Waals surface area contributed by atoms with E-state index in [1.54, 1.807) is 4.90 Å². The monoisotopic (exact) mass is 297 g/mol. The first-order valence-corrected chi connectivity index (χ1v) is 7.53. The van der Waals surface area contributed by atoms with Crippen LogP contribution >= 0.6 is 0 Å². The largest absolute Gasteiger partial charge is 0.508 e. The van der Waals surface area contributed by atoms with Crippen molar-refractivity contribution in [3.63, 3.8) is 0 Å². The molecule has 3 rings (SSSR count). The summed E-state index contributed by atoms with van der Waals surface area (Å²) in [6, 6.07) is 4.14. The highest BCUT2D eigenvalue weighted by molar-refractivity contribution is 5.97. The maximum absolute atomic E-state index is 12.7. The summed E-state index contributed by atoms with van der Waals surface area (Å²) in [4.78, 5) is 14.5. The molecule has 1 unspecified atom stereocenters. The number of amides is 1. The molecule has 1 aromatic carbocycles. The zero-order valence-electron chi connectivity index (χ0n) is 12.3. The number of hydrogen-bond acceptors (Lipinski definition) is 3. The van der Waals surface area contributed by atoms with Crippen molar-refractivity contribution in [2.75, 3.05) is 6.54 Å². The van der Waals surface area contributed by atoms with Crippen molar-refractivity contribution in [2.45, 2.75) is 25.3 Å². The summed E-state index contributed by atoms with van der Waals surface area (Å²) >= 11 is 0. The molecule has 1 fully saturated rings. The van der Waals surface area contributed by atoms with Gasteiger partial charge >= 0.3 is 0 Å². The Balaban J connectivity index is 1.88. The number of phenols is 2. The Kier molecular flexibility index (Phi) is 4.00. The summed E-state index contributed by atoms with van der Waals surface area (Å²) in [5.41, 5.74) is 1.36. The van der Waals surface area contributed by atoms with E-state index in [9.17, 15) is 15.0 Å². The number of carbonyl (C=O) groups excluding carboxylic acids is 1. The minimum atomic E-state index is -0.192. The van der Waals surface area contributed by atoms with Gasteiger partial charge < -0.3 is 15.1 Å². The molecule has 1 aliphatic heterocycles. The average molecular weight is 297 g/mol. The van der Waals surface area contributed by atoms with Crippen LogP contribution in [0.5, 0.6) is 11.5 Å². The molecule has 1 atom stereocenters. The predicted molar refractivity (Wildman–Crippen MR) is 84.8 cm³/mol. The van der Waals surface area contributed by atoms with Crippen LogP contribution in [0.25, 0.3) is 0 Å². The first-order chi connectivity index (χ1) is 10.7. The van der Waals surface area contributed by atoms with Crippen molar-refractivity contribution in [1.82, 2.24) is 4.90 Å². The number of aromatic hydroxyl groups is 2. The smallest absolute Gasteiger partial charge is 0.258 e. The second kappa shape index (κ2) is 6.10. The van der Waals surface area contributed by atoms with E-state index in [0.29, 0.717) is 6.54 Å². The normalized spacial score (nSPS) is 20.8. The summed E-state index contributed by atoms with van der Waals surface area (Å²) < 4.78 is 0.